The number of aryl methyl sites for hydroxylation is 1. The molecule has 1 aromatic rings. The van der Waals surface area contributed by atoms with Gasteiger partial charge in [-0.1, -0.05) is 38.7 Å². The van der Waals surface area contributed by atoms with Crippen molar-refractivity contribution in [3.8, 4) is 0 Å². The van der Waals surface area contributed by atoms with E-state index in [0.29, 0.717) is 11.1 Å². The molecular formula is C26H33F2N. The van der Waals surface area contributed by atoms with Crippen molar-refractivity contribution < 1.29 is 8.78 Å². The molecule has 0 bridgehead atoms. The second-order valence-electron chi connectivity index (χ2n) is 6.95. The van der Waals surface area contributed by atoms with Crippen LogP contribution in [0.15, 0.2) is 76.7 Å². The minimum absolute atomic E-state index is 0.287. The summed E-state index contributed by atoms with van der Waals surface area (Å²) < 4.78 is 27.7. The zero-order valence-electron chi connectivity index (χ0n) is 18.5. The Bertz CT molecular complexity index is 868. The first-order valence-corrected chi connectivity index (χ1v) is 10.1. The Morgan fingerprint density at radius 1 is 1.10 bits per heavy atom. The summed E-state index contributed by atoms with van der Waals surface area (Å²) in [5.41, 5.74) is 9.27. The average Bonchev–Trinajstić information content (AvgIpc) is 2.66. The first kappa shape index (κ1) is 24.4. The van der Waals surface area contributed by atoms with E-state index < -0.39 is 11.6 Å². The van der Waals surface area contributed by atoms with E-state index in [-0.39, 0.29) is 6.54 Å². The molecule has 1 nitrogen and oxygen atoms in total. The van der Waals surface area contributed by atoms with E-state index in [1.807, 2.05) is 19.9 Å². The lowest BCUT2D eigenvalue weighted by Crippen LogP contribution is -2.18. The van der Waals surface area contributed by atoms with E-state index in [1.165, 1.54) is 6.07 Å². The van der Waals surface area contributed by atoms with Crippen LogP contribution in [0.4, 0.5) is 8.78 Å². The lowest BCUT2D eigenvalue weighted by atomic mass is 9.91. The van der Waals surface area contributed by atoms with Crippen LogP contribution in [0, 0.1) is 18.6 Å². The van der Waals surface area contributed by atoms with Crippen LogP contribution in [-0.2, 0) is 6.54 Å². The van der Waals surface area contributed by atoms with Gasteiger partial charge in [0, 0.05) is 29.4 Å². The highest BCUT2D eigenvalue weighted by Gasteiger charge is 2.15. The van der Waals surface area contributed by atoms with Crippen molar-refractivity contribution in [2.75, 3.05) is 0 Å². The van der Waals surface area contributed by atoms with Gasteiger partial charge in [0.25, 0.3) is 0 Å². The molecule has 0 atom stereocenters. The maximum Gasteiger partial charge on any atom is 0.131 e. The van der Waals surface area contributed by atoms with Gasteiger partial charge in [-0.3, -0.25) is 0 Å². The molecule has 0 unspecified atom stereocenters. The molecule has 1 rings (SSSR count). The van der Waals surface area contributed by atoms with Gasteiger partial charge in [-0.2, -0.15) is 0 Å². The number of hydrogen-bond acceptors (Lipinski definition) is 1. The first-order valence-electron chi connectivity index (χ1n) is 10.1. The van der Waals surface area contributed by atoms with Gasteiger partial charge in [-0.25, -0.2) is 8.78 Å². The Hall–Kier alpha value is -2.64. The average molecular weight is 398 g/mol. The van der Waals surface area contributed by atoms with Crippen molar-refractivity contribution in [3.05, 3.63) is 99.5 Å². The van der Waals surface area contributed by atoms with E-state index in [0.717, 1.165) is 46.9 Å². The molecule has 0 aliphatic carbocycles. The van der Waals surface area contributed by atoms with Crippen molar-refractivity contribution in [2.45, 2.75) is 60.9 Å². The molecule has 0 saturated carbocycles. The smallest absolute Gasteiger partial charge is 0.131 e. The van der Waals surface area contributed by atoms with E-state index in [2.05, 4.69) is 56.6 Å². The molecule has 0 saturated heterocycles. The molecule has 0 aliphatic rings. The van der Waals surface area contributed by atoms with E-state index in [4.69, 9.17) is 0 Å². The Morgan fingerprint density at radius 3 is 2.28 bits per heavy atom. The van der Waals surface area contributed by atoms with Crippen LogP contribution in [0.1, 0.15) is 58.6 Å². The summed E-state index contributed by atoms with van der Waals surface area (Å²) in [6.45, 7) is 16.0. The summed E-state index contributed by atoms with van der Waals surface area (Å²) in [7, 11) is 0. The second kappa shape index (κ2) is 12.0. The molecule has 0 spiro atoms. The van der Waals surface area contributed by atoms with Crippen molar-refractivity contribution in [1.29, 1.82) is 0 Å². The molecule has 0 aromatic heterocycles. The van der Waals surface area contributed by atoms with Crippen LogP contribution in [0.2, 0.25) is 0 Å². The van der Waals surface area contributed by atoms with Gasteiger partial charge in [-0.15, -0.1) is 5.73 Å². The monoisotopic (exact) mass is 397 g/mol. The zero-order chi connectivity index (χ0) is 22.0. The Balaban J connectivity index is 3.34. The fourth-order valence-corrected chi connectivity index (χ4v) is 3.22. The normalized spacial score (nSPS) is 13.7. The third kappa shape index (κ3) is 6.73. The van der Waals surface area contributed by atoms with Crippen molar-refractivity contribution >= 4 is 0 Å². The van der Waals surface area contributed by atoms with Crippen LogP contribution >= 0.6 is 0 Å². The number of hydrogen-bond donors (Lipinski definition) is 1. The molecular weight excluding hydrogens is 364 g/mol. The van der Waals surface area contributed by atoms with Gasteiger partial charge in [0.05, 0.1) is 0 Å². The van der Waals surface area contributed by atoms with Crippen LogP contribution < -0.4 is 5.32 Å². The standard InChI is InChI=1S/C26H33F2N/c1-8-12-18(5)20(7)23(13-9-2)22(11-4)26(14-10-3)29-17-24-19(6)15-21(27)16-25(24)28/h11-16,29H,1,9-10,17H2,2-7H3/b20-18+,22-11+,23-13-,26-14-. The Kier molecular flexibility index (Phi) is 10.1. The Labute approximate surface area is 174 Å². The molecule has 0 radical (unpaired) electrons. The summed E-state index contributed by atoms with van der Waals surface area (Å²) in [4.78, 5) is 0. The van der Waals surface area contributed by atoms with Gasteiger partial charge >= 0.3 is 0 Å². The predicted octanol–water partition coefficient (Wildman–Crippen LogP) is 7.62. The summed E-state index contributed by atoms with van der Waals surface area (Å²) in [6, 6.07) is 2.30. The van der Waals surface area contributed by atoms with Gasteiger partial charge in [-0.05, 0) is 75.0 Å². The number of rotatable bonds is 9. The van der Waals surface area contributed by atoms with Gasteiger partial charge in [0.1, 0.15) is 11.6 Å². The highest BCUT2D eigenvalue weighted by atomic mass is 19.1. The summed E-state index contributed by atoms with van der Waals surface area (Å²) >= 11 is 0. The first-order chi connectivity index (χ1) is 13.8. The molecule has 0 fully saturated rings. The topological polar surface area (TPSA) is 12.0 Å². The number of nitrogens with one attached hydrogen (secondary N) is 1. The molecule has 156 valence electrons. The summed E-state index contributed by atoms with van der Waals surface area (Å²) in [5.74, 6) is -1.08. The lowest BCUT2D eigenvalue weighted by Gasteiger charge is -2.20. The SMILES string of the molecule is C=C=C/C(C)=C(C)/C(=C/CC)C(=C\C)/C(=C/CC)NCc1c(C)cc(F)cc1F. The number of halogens is 2. The molecule has 0 heterocycles. The fourth-order valence-electron chi connectivity index (χ4n) is 3.22. The molecule has 3 heteroatoms. The van der Waals surface area contributed by atoms with E-state index in [9.17, 15) is 8.78 Å². The van der Waals surface area contributed by atoms with Gasteiger partial charge in [0.15, 0.2) is 0 Å². The molecule has 0 amide bonds. The minimum atomic E-state index is -0.554. The van der Waals surface area contributed by atoms with Gasteiger partial charge in [0.2, 0.25) is 0 Å². The quantitative estimate of drug-likeness (QED) is 0.334. The van der Waals surface area contributed by atoms with E-state index in [1.54, 1.807) is 6.92 Å². The minimum Gasteiger partial charge on any atom is -0.381 e. The second-order valence-corrected chi connectivity index (χ2v) is 6.95. The third-order valence-corrected chi connectivity index (χ3v) is 4.84. The van der Waals surface area contributed by atoms with Crippen LogP contribution in [-0.4, -0.2) is 0 Å². The van der Waals surface area contributed by atoms with Crippen molar-refractivity contribution in [3.63, 3.8) is 0 Å². The fraction of sp³-hybridized carbons (Fsp3) is 0.346. The Morgan fingerprint density at radius 2 is 1.76 bits per heavy atom. The van der Waals surface area contributed by atoms with Crippen LogP contribution in [0.3, 0.4) is 0 Å². The molecule has 29 heavy (non-hydrogen) atoms. The van der Waals surface area contributed by atoms with Crippen molar-refractivity contribution in [2.24, 2.45) is 0 Å². The molecule has 1 aromatic carbocycles. The van der Waals surface area contributed by atoms with E-state index >= 15 is 0 Å². The van der Waals surface area contributed by atoms with Gasteiger partial charge < -0.3 is 5.32 Å². The summed E-state index contributed by atoms with van der Waals surface area (Å²) in [6.07, 6.45) is 9.96. The zero-order valence-corrected chi connectivity index (χ0v) is 18.5. The number of allylic oxidation sites excluding steroid dienone is 7. The van der Waals surface area contributed by atoms with Crippen LogP contribution in [0.5, 0.6) is 0 Å². The summed E-state index contributed by atoms with van der Waals surface area (Å²) in [5, 5.41) is 3.38. The highest BCUT2D eigenvalue weighted by Crippen LogP contribution is 2.28. The molecule has 0 aliphatic heterocycles. The van der Waals surface area contributed by atoms with Crippen LogP contribution in [0.25, 0.3) is 0 Å². The maximum absolute atomic E-state index is 14.3. The maximum atomic E-state index is 14.3. The molecule has 1 N–H and O–H groups in total. The third-order valence-electron chi connectivity index (χ3n) is 4.84. The number of benzene rings is 1. The van der Waals surface area contributed by atoms with Crippen molar-refractivity contribution in [1.82, 2.24) is 5.32 Å². The lowest BCUT2D eigenvalue weighted by molar-refractivity contribution is 0.564. The predicted molar refractivity (Wildman–Crippen MR) is 121 cm³/mol. The highest BCUT2D eigenvalue weighted by molar-refractivity contribution is 5.57. The largest absolute Gasteiger partial charge is 0.381 e.